The molecular weight excluding hydrogens is 364 g/mol. The number of nitrogens with one attached hydrogen (secondary N) is 1. The van der Waals surface area contributed by atoms with Crippen LogP contribution in [0.2, 0.25) is 0 Å². The number of fused-ring (bicyclic) bond motifs is 4. The van der Waals surface area contributed by atoms with Crippen LogP contribution in [0.5, 0.6) is 11.5 Å². The highest BCUT2D eigenvalue weighted by Gasteiger charge is 2.57. The maximum atomic E-state index is 13.1. The molecule has 0 aliphatic carbocycles. The molecule has 1 fully saturated rings. The Kier molecular flexibility index (Phi) is 3.79. The number of ether oxygens (including phenoxy) is 2. The molecule has 0 radical (unpaired) electrons. The molecule has 138 valence electrons. The zero-order valence-electron chi connectivity index (χ0n) is 14.6. The van der Waals surface area contributed by atoms with Crippen molar-refractivity contribution in [3.05, 3.63) is 48.0 Å². The fourth-order valence-electron chi connectivity index (χ4n) is 3.82. The summed E-state index contributed by atoms with van der Waals surface area (Å²) in [6.45, 7) is 1.45. The van der Waals surface area contributed by atoms with Crippen molar-refractivity contribution in [3.63, 3.8) is 0 Å². The Morgan fingerprint density at radius 1 is 1.15 bits per heavy atom. The lowest BCUT2D eigenvalue weighted by molar-refractivity contribution is -0.124. The van der Waals surface area contributed by atoms with E-state index in [0.717, 1.165) is 21.9 Å². The standard InChI is InChI=1S/C20H18N2O4S/c23-18-7-8-20(22(18)14-3-1-2-4-17(14)27-20)19(24)21-12-13-5-6-15-16(11-13)26-10-9-25-15/h1-6,11H,7-10,12H2,(H,21,24). The summed E-state index contributed by atoms with van der Waals surface area (Å²) in [6.07, 6.45) is 0.900. The highest BCUT2D eigenvalue weighted by atomic mass is 32.2. The summed E-state index contributed by atoms with van der Waals surface area (Å²) in [5.41, 5.74) is 1.76. The topological polar surface area (TPSA) is 67.9 Å². The number of nitrogens with zero attached hydrogens (tertiary/aromatic N) is 1. The van der Waals surface area contributed by atoms with Crippen LogP contribution in [0.4, 0.5) is 5.69 Å². The number of benzene rings is 2. The van der Waals surface area contributed by atoms with Crippen LogP contribution in [-0.4, -0.2) is 29.9 Å². The van der Waals surface area contributed by atoms with E-state index >= 15 is 0 Å². The van der Waals surface area contributed by atoms with Crippen LogP contribution in [0, 0.1) is 0 Å². The van der Waals surface area contributed by atoms with Crippen LogP contribution in [0.3, 0.4) is 0 Å². The van der Waals surface area contributed by atoms with E-state index in [9.17, 15) is 9.59 Å². The molecule has 1 unspecified atom stereocenters. The van der Waals surface area contributed by atoms with Gasteiger partial charge in [-0.25, -0.2) is 0 Å². The van der Waals surface area contributed by atoms with Gasteiger partial charge in [-0.05, 0) is 36.2 Å². The minimum Gasteiger partial charge on any atom is -0.486 e. The fraction of sp³-hybridized carbons (Fsp3) is 0.300. The lowest BCUT2D eigenvalue weighted by Gasteiger charge is -2.29. The van der Waals surface area contributed by atoms with E-state index in [1.54, 1.807) is 4.90 Å². The number of thioether (sulfide) groups is 1. The van der Waals surface area contributed by atoms with E-state index in [2.05, 4.69) is 5.32 Å². The molecule has 2 amide bonds. The summed E-state index contributed by atoms with van der Waals surface area (Å²) in [6, 6.07) is 13.4. The van der Waals surface area contributed by atoms with Gasteiger partial charge in [0.1, 0.15) is 13.2 Å². The van der Waals surface area contributed by atoms with Gasteiger partial charge >= 0.3 is 0 Å². The van der Waals surface area contributed by atoms with Crippen molar-refractivity contribution in [3.8, 4) is 11.5 Å². The van der Waals surface area contributed by atoms with Crippen LogP contribution in [0.1, 0.15) is 18.4 Å². The van der Waals surface area contributed by atoms with Crippen molar-refractivity contribution < 1.29 is 19.1 Å². The minimum absolute atomic E-state index is 0.00179. The molecule has 0 bridgehead atoms. The van der Waals surface area contributed by atoms with Crippen molar-refractivity contribution in [2.75, 3.05) is 18.1 Å². The Morgan fingerprint density at radius 2 is 1.96 bits per heavy atom. The van der Waals surface area contributed by atoms with E-state index in [1.807, 2.05) is 42.5 Å². The number of hydrogen-bond acceptors (Lipinski definition) is 5. The van der Waals surface area contributed by atoms with Crippen LogP contribution < -0.4 is 19.7 Å². The van der Waals surface area contributed by atoms with Crippen LogP contribution in [-0.2, 0) is 16.1 Å². The van der Waals surface area contributed by atoms with Gasteiger partial charge in [0.05, 0.1) is 5.69 Å². The monoisotopic (exact) mass is 382 g/mol. The third-order valence-electron chi connectivity index (χ3n) is 5.09. The number of rotatable bonds is 3. The SMILES string of the molecule is O=C1CCC2(C(=O)NCc3ccc4c(c3)OCCO4)Sc3ccccc3N12. The van der Waals surface area contributed by atoms with Gasteiger partial charge in [0, 0.05) is 17.9 Å². The molecule has 1 saturated heterocycles. The summed E-state index contributed by atoms with van der Waals surface area (Å²) >= 11 is 1.47. The van der Waals surface area contributed by atoms with Crippen LogP contribution in [0.25, 0.3) is 0 Å². The van der Waals surface area contributed by atoms with E-state index in [1.165, 1.54) is 11.8 Å². The highest BCUT2D eigenvalue weighted by Crippen LogP contribution is 2.55. The van der Waals surface area contributed by atoms with E-state index in [0.29, 0.717) is 38.3 Å². The van der Waals surface area contributed by atoms with E-state index in [-0.39, 0.29) is 11.8 Å². The van der Waals surface area contributed by atoms with Gasteiger partial charge in [0.25, 0.3) is 5.91 Å². The van der Waals surface area contributed by atoms with Crippen molar-refractivity contribution in [1.29, 1.82) is 0 Å². The average molecular weight is 382 g/mol. The largest absolute Gasteiger partial charge is 0.486 e. The third kappa shape index (κ3) is 2.56. The molecule has 2 aromatic rings. The van der Waals surface area contributed by atoms with Crippen molar-refractivity contribution in [2.24, 2.45) is 0 Å². The first kappa shape index (κ1) is 16.5. The minimum atomic E-state index is -0.880. The Balaban J connectivity index is 1.36. The van der Waals surface area contributed by atoms with Crippen molar-refractivity contribution >= 4 is 29.3 Å². The first-order chi connectivity index (χ1) is 13.2. The van der Waals surface area contributed by atoms with Gasteiger partial charge in [-0.15, -0.1) is 0 Å². The summed E-state index contributed by atoms with van der Waals surface area (Å²) in [4.78, 5) is 27.4. The fourth-order valence-corrected chi connectivity index (χ4v) is 5.25. The third-order valence-corrected chi connectivity index (χ3v) is 6.56. The Bertz CT molecular complexity index is 947. The molecule has 3 heterocycles. The normalized spacial score (nSPS) is 22.4. The van der Waals surface area contributed by atoms with Gasteiger partial charge in [0.2, 0.25) is 5.91 Å². The molecule has 6 nitrogen and oxygen atoms in total. The smallest absolute Gasteiger partial charge is 0.257 e. The van der Waals surface area contributed by atoms with Gasteiger partial charge in [-0.2, -0.15) is 0 Å². The number of carbonyl (C=O) groups excluding carboxylic acids is 2. The summed E-state index contributed by atoms with van der Waals surface area (Å²) in [5.74, 6) is 1.29. The predicted octanol–water partition coefficient (Wildman–Crippen LogP) is 2.70. The molecule has 3 aliphatic heterocycles. The maximum Gasteiger partial charge on any atom is 0.257 e. The van der Waals surface area contributed by atoms with Crippen LogP contribution in [0.15, 0.2) is 47.4 Å². The Hall–Kier alpha value is -2.67. The molecular formula is C20H18N2O4S. The molecule has 5 rings (SSSR count). The molecule has 1 atom stereocenters. The molecule has 3 aliphatic rings. The zero-order valence-corrected chi connectivity index (χ0v) is 15.4. The van der Waals surface area contributed by atoms with Crippen LogP contribution >= 0.6 is 11.8 Å². The molecule has 0 spiro atoms. The number of para-hydroxylation sites is 1. The van der Waals surface area contributed by atoms with Crippen molar-refractivity contribution in [1.82, 2.24) is 5.32 Å². The maximum absolute atomic E-state index is 13.1. The number of hydrogen-bond donors (Lipinski definition) is 1. The number of carbonyl (C=O) groups is 2. The average Bonchev–Trinajstić information content (AvgIpc) is 3.22. The van der Waals surface area contributed by atoms with Crippen molar-refractivity contribution in [2.45, 2.75) is 29.2 Å². The Morgan fingerprint density at radius 3 is 2.85 bits per heavy atom. The number of amides is 2. The second-order valence-electron chi connectivity index (χ2n) is 6.74. The second kappa shape index (κ2) is 6.20. The lowest BCUT2D eigenvalue weighted by Crippen LogP contribution is -2.52. The van der Waals surface area contributed by atoms with Gasteiger partial charge in [-0.1, -0.05) is 30.0 Å². The highest BCUT2D eigenvalue weighted by molar-refractivity contribution is 8.02. The molecule has 0 aromatic heterocycles. The first-order valence-corrected chi connectivity index (χ1v) is 9.77. The quantitative estimate of drug-likeness (QED) is 0.884. The van der Waals surface area contributed by atoms with E-state index in [4.69, 9.17) is 9.47 Å². The molecule has 7 heteroatoms. The zero-order chi connectivity index (χ0) is 18.4. The van der Waals surface area contributed by atoms with Gasteiger partial charge in [-0.3, -0.25) is 14.5 Å². The second-order valence-corrected chi connectivity index (χ2v) is 8.06. The van der Waals surface area contributed by atoms with E-state index < -0.39 is 4.87 Å². The molecule has 1 N–H and O–H groups in total. The Labute approximate surface area is 160 Å². The first-order valence-electron chi connectivity index (χ1n) is 8.95. The lowest BCUT2D eigenvalue weighted by atomic mass is 10.1. The summed E-state index contributed by atoms with van der Waals surface area (Å²) in [7, 11) is 0. The molecule has 27 heavy (non-hydrogen) atoms. The molecule has 0 saturated carbocycles. The summed E-state index contributed by atoms with van der Waals surface area (Å²) in [5, 5.41) is 3.02. The number of anilines is 1. The summed E-state index contributed by atoms with van der Waals surface area (Å²) < 4.78 is 11.1. The van der Waals surface area contributed by atoms with Gasteiger partial charge in [0.15, 0.2) is 16.4 Å². The molecule has 2 aromatic carbocycles. The van der Waals surface area contributed by atoms with Gasteiger partial charge < -0.3 is 14.8 Å². The predicted molar refractivity (Wildman–Crippen MR) is 101 cm³/mol.